The van der Waals surface area contributed by atoms with E-state index < -0.39 is 0 Å². The van der Waals surface area contributed by atoms with Crippen LogP contribution in [0.15, 0.2) is 34.9 Å². The Kier molecular flexibility index (Phi) is 4.18. The van der Waals surface area contributed by atoms with E-state index in [1.54, 1.807) is 30.3 Å². The number of carbonyl (C=O) groups is 1. The van der Waals surface area contributed by atoms with Crippen LogP contribution in [0.4, 0.5) is 0 Å². The number of carbonyl (C=O) groups excluding carboxylic acids is 1. The Hall–Kier alpha value is -2.30. The number of nitrogens with one attached hydrogen (secondary N) is 1. The SMILES string of the molecule is CCCCNC(=O)c1cc(-c2cccc(O)c2)on1. The second-order valence-corrected chi connectivity index (χ2v) is 4.24. The maximum atomic E-state index is 11.7. The van der Waals surface area contributed by atoms with Crippen LogP contribution in [0.1, 0.15) is 30.3 Å². The lowest BCUT2D eigenvalue weighted by Crippen LogP contribution is -2.24. The second kappa shape index (κ2) is 6.04. The molecule has 0 aliphatic carbocycles. The van der Waals surface area contributed by atoms with Crippen molar-refractivity contribution in [2.45, 2.75) is 19.8 Å². The fourth-order valence-electron chi connectivity index (χ4n) is 1.65. The van der Waals surface area contributed by atoms with E-state index in [1.165, 1.54) is 0 Å². The molecule has 2 N–H and O–H groups in total. The fourth-order valence-corrected chi connectivity index (χ4v) is 1.65. The Balaban J connectivity index is 2.08. The van der Waals surface area contributed by atoms with Crippen molar-refractivity contribution in [3.05, 3.63) is 36.0 Å². The third-order valence-electron chi connectivity index (χ3n) is 2.69. The van der Waals surface area contributed by atoms with Gasteiger partial charge in [0.2, 0.25) is 0 Å². The first kappa shape index (κ1) is 13.1. The molecule has 0 atom stereocenters. The Labute approximate surface area is 111 Å². The zero-order valence-corrected chi connectivity index (χ0v) is 10.7. The Morgan fingerprint density at radius 1 is 1.42 bits per heavy atom. The van der Waals surface area contributed by atoms with Gasteiger partial charge in [-0.15, -0.1) is 0 Å². The summed E-state index contributed by atoms with van der Waals surface area (Å²) in [7, 11) is 0. The smallest absolute Gasteiger partial charge is 0.273 e. The molecule has 2 rings (SSSR count). The highest BCUT2D eigenvalue weighted by atomic mass is 16.5. The lowest BCUT2D eigenvalue weighted by Gasteiger charge is -1.99. The molecule has 1 amide bonds. The number of aromatic hydroxyl groups is 1. The van der Waals surface area contributed by atoms with E-state index in [4.69, 9.17) is 4.52 Å². The van der Waals surface area contributed by atoms with Gasteiger partial charge in [0.25, 0.3) is 5.91 Å². The van der Waals surface area contributed by atoms with Gasteiger partial charge in [0.15, 0.2) is 11.5 Å². The highest BCUT2D eigenvalue weighted by Crippen LogP contribution is 2.23. The van der Waals surface area contributed by atoms with Crippen molar-refractivity contribution in [1.82, 2.24) is 10.5 Å². The van der Waals surface area contributed by atoms with Gasteiger partial charge in [-0.1, -0.05) is 30.6 Å². The average Bonchev–Trinajstić information content (AvgIpc) is 2.88. The zero-order chi connectivity index (χ0) is 13.7. The summed E-state index contributed by atoms with van der Waals surface area (Å²) in [5, 5.41) is 15.9. The van der Waals surface area contributed by atoms with Gasteiger partial charge < -0.3 is 14.9 Å². The van der Waals surface area contributed by atoms with Crippen LogP contribution < -0.4 is 5.32 Å². The van der Waals surface area contributed by atoms with Gasteiger partial charge in [0.1, 0.15) is 5.75 Å². The maximum Gasteiger partial charge on any atom is 0.273 e. The van der Waals surface area contributed by atoms with Gasteiger partial charge >= 0.3 is 0 Å². The van der Waals surface area contributed by atoms with Crippen molar-refractivity contribution in [1.29, 1.82) is 0 Å². The standard InChI is InChI=1S/C14H16N2O3/c1-2-3-7-15-14(18)12-9-13(19-16-12)10-5-4-6-11(17)8-10/h4-6,8-9,17H,2-3,7H2,1H3,(H,15,18). The van der Waals surface area contributed by atoms with E-state index in [0.717, 1.165) is 12.8 Å². The van der Waals surface area contributed by atoms with Gasteiger partial charge in [0.05, 0.1) is 0 Å². The molecule has 0 saturated heterocycles. The quantitative estimate of drug-likeness (QED) is 0.810. The zero-order valence-electron chi connectivity index (χ0n) is 10.7. The first-order valence-corrected chi connectivity index (χ1v) is 6.25. The highest BCUT2D eigenvalue weighted by molar-refractivity contribution is 5.93. The normalized spacial score (nSPS) is 10.4. The number of benzene rings is 1. The van der Waals surface area contributed by atoms with Crippen LogP contribution >= 0.6 is 0 Å². The molecule has 0 aliphatic rings. The molecule has 100 valence electrons. The number of nitrogens with zero attached hydrogens (tertiary/aromatic N) is 1. The summed E-state index contributed by atoms with van der Waals surface area (Å²) in [6.07, 6.45) is 1.96. The van der Waals surface area contributed by atoms with E-state index >= 15 is 0 Å². The number of amides is 1. The third-order valence-corrected chi connectivity index (χ3v) is 2.69. The maximum absolute atomic E-state index is 11.7. The van der Waals surface area contributed by atoms with E-state index in [-0.39, 0.29) is 17.4 Å². The summed E-state index contributed by atoms with van der Waals surface area (Å²) in [5.74, 6) is 0.350. The summed E-state index contributed by atoms with van der Waals surface area (Å²) < 4.78 is 5.11. The molecule has 1 heterocycles. The van der Waals surface area contributed by atoms with Crippen molar-refractivity contribution in [2.24, 2.45) is 0 Å². The van der Waals surface area contributed by atoms with Crippen molar-refractivity contribution < 1.29 is 14.4 Å². The lowest BCUT2D eigenvalue weighted by atomic mass is 10.1. The van der Waals surface area contributed by atoms with Crippen LogP contribution in [0.2, 0.25) is 0 Å². The molecule has 0 bridgehead atoms. The van der Waals surface area contributed by atoms with Gasteiger partial charge in [-0.3, -0.25) is 4.79 Å². The molecule has 1 aromatic carbocycles. The average molecular weight is 260 g/mol. The molecule has 5 nitrogen and oxygen atoms in total. The monoisotopic (exact) mass is 260 g/mol. The Morgan fingerprint density at radius 2 is 2.26 bits per heavy atom. The topological polar surface area (TPSA) is 75.4 Å². The van der Waals surface area contributed by atoms with Gasteiger partial charge in [0, 0.05) is 18.2 Å². The van der Waals surface area contributed by atoms with Crippen LogP contribution in [0.5, 0.6) is 5.75 Å². The lowest BCUT2D eigenvalue weighted by molar-refractivity contribution is 0.0944. The van der Waals surface area contributed by atoms with Crippen molar-refractivity contribution in [3.8, 4) is 17.1 Å². The molecular weight excluding hydrogens is 244 g/mol. The third kappa shape index (κ3) is 3.34. The number of unbranched alkanes of at least 4 members (excludes halogenated alkanes) is 1. The molecular formula is C14H16N2O3. The number of phenols is 1. The summed E-state index contributed by atoms with van der Waals surface area (Å²) in [4.78, 5) is 11.7. The summed E-state index contributed by atoms with van der Waals surface area (Å²) >= 11 is 0. The number of rotatable bonds is 5. The molecule has 0 saturated carbocycles. The van der Waals surface area contributed by atoms with Crippen LogP contribution in [0.3, 0.4) is 0 Å². The van der Waals surface area contributed by atoms with Gasteiger partial charge in [-0.25, -0.2) is 0 Å². The minimum absolute atomic E-state index is 0.142. The number of aromatic nitrogens is 1. The van der Waals surface area contributed by atoms with Gasteiger partial charge in [-0.2, -0.15) is 0 Å². The van der Waals surface area contributed by atoms with Crippen LogP contribution in [-0.2, 0) is 0 Å². The minimum atomic E-state index is -0.247. The number of hydrogen-bond acceptors (Lipinski definition) is 4. The fraction of sp³-hybridized carbons (Fsp3) is 0.286. The Morgan fingerprint density at radius 3 is 3.00 bits per heavy atom. The molecule has 2 aromatic rings. The van der Waals surface area contributed by atoms with E-state index in [1.807, 2.05) is 0 Å². The molecule has 19 heavy (non-hydrogen) atoms. The molecule has 1 aromatic heterocycles. The van der Waals surface area contributed by atoms with Crippen LogP contribution in [0.25, 0.3) is 11.3 Å². The molecule has 0 unspecified atom stereocenters. The van der Waals surface area contributed by atoms with Crippen molar-refractivity contribution >= 4 is 5.91 Å². The number of hydrogen-bond donors (Lipinski definition) is 2. The van der Waals surface area contributed by atoms with Crippen molar-refractivity contribution in [3.63, 3.8) is 0 Å². The predicted octanol–water partition coefficient (Wildman–Crippen LogP) is 2.58. The van der Waals surface area contributed by atoms with Crippen LogP contribution in [0, 0.1) is 0 Å². The first-order valence-electron chi connectivity index (χ1n) is 6.25. The van der Waals surface area contributed by atoms with Crippen molar-refractivity contribution in [2.75, 3.05) is 6.54 Å². The van der Waals surface area contributed by atoms with E-state index in [0.29, 0.717) is 17.9 Å². The molecule has 0 radical (unpaired) electrons. The predicted molar refractivity (Wildman–Crippen MR) is 70.8 cm³/mol. The molecule has 0 fully saturated rings. The van der Waals surface area contributed by atoms with Gasteiger partial charge in [-0.05, 0) is 18.6 Å². The largest absolute Gasteiger partial charge is 0.508 e. The minimum Gasteiger partial charge on any atom is -0.508 e. The first-order chi connectivity index (χ1) is 9.20. The van der Waals surface area contributed by atoms with Crippen LogP contribution in [-0.4, -0.2) is 22.7 Å². The molecule has 5 heteroatoms. The molecule has 0 aliphatic heterocycles. The second-order valence-electron chi connectivity index (χ2n) is 4.24. The number of phenolic OH excluding ortho intramolecular Hbond substituents is 1. The van der Waals surface area contributed by atoms with E-state index in [9.17, 15) is 9.90 Å². The summed E-state index contributed by atoms with van der Waals surface area (Å²) in [5.41, 5.74) is 0.926. The Bertz CT molecular complexity index is 563. The molecule has 0 spiro atoms. The summed E-state index contributed by atoms with van der Waals surface area (Å²) in [6, 6.07) is 8.17. The highest BCUT2D eigenvalue weighted by Gasteiger charge is 2.13. The summed E-state index contributed by atoms with van der Waals surface area (Å²) in [6.45, 7) is 2.69. The van der Waals surface area contributed by atoms with E-state index in [2.05, 4.69) is 17.4 Å².